The van der Waals surface area contributed by atoms with Crippen LogP contribution in [-0.2, 0) is 0 Å². The summed E-state index contributed by atoms with van der Waals surface area (Å²) in [6, 6.07) is 4.30. The Labute approximate surface area is 92.1 Å². The second kappa shape index (κ2) is 4.74. The molecule has 0 aliphatic rings. The summed E-state index contributed by atoms with van der Waals surface area (Å²) in [6.07, 6.45) is 2.28. The molecule has 0 amide bonds. The maximum absolute atomic E-state index is 5.90. The fourth-order valence-corrected chi connectivity index (χ4v) is 2.05. The molecule has 0 bridgehead atoms. The van der Waals surface area contributed by atoms with E-state index in [1.54, 1.807) is 0 Å². The summed E-state index contributed by atoms with van der Waals surface area (Å²) in [4.78, 5) is 0. The van der Waals surface area contributed by atoms with Gasteiger partial charge in [-0.2, -0.15) is 12.6 Å². The first kappa shape index (κ1) is 11.4. The minimum atomic E-state index is 0.345. The van der Waals surface area contributed by atoms with Gasteiger partial charge in [0.1, 0.15) is 0 Å². The van der Waals surface area contributed by atoms with Gasteiger partial charge in [-0.1, -0.05) is 25.5 Å². The fourth-order valence-electron chi connectivity index (χ4n) is 1.64. The van der Waals surface area contributed by atoms with Crippen molar-refractivity contribution in [3.05, 3.63) is 28.8 Å². The highest BCUT2D eigenvalue weighted by molar-refractivity contribution is 7.80. The standard InChI is InChI=1S/C12H19NS/c1-4-5-11(14)10-6-8(2)12(13)9(3)7-10/h6-7,11,14H,4-5,13H2,1-3H3. The van der Waals surface area contributed by atoms with Gasteiger partial charge in [0.05, 0.1) is 0 Å². The Morgan fingerprint density at radius 3 is 2.21 bits per heavy atom. The molecule has 1 aromatic carbocycles. The van der Waals surface area contributed by atoms with Gasteiger partial charge < -0.3 is 5.73 Å². The van der Waals surface area contributed by atoms with Crippen molar-refractivity contribution in [1.29, 1.82) is 0 Å². The Bertz CT molecular complexity index is 297. The van der Waals surface area contributed by atoms with E-state index in [0.717, 1.165) is 29.7 Å². The lowest BCUT2D eigenvalue weighted by Gasteiger charge is -2.13. The first-order valence-electron chi connectivity index (χ1n) is 5.11. The maximum Gasteiger partial charge on any atom is 0.0373 e. The molecule has 0 saturated carbocycles. The Balaban J connectivity index is 3.00. The predicted molar refractivity (Wildman–Crippen MR) is 67.0 cm³/mol. The lowest BCUT2D eigenvalue weighted by Crippen LogP contribution is -1.98. The smallest absolute Gasteiger partial charge is 0.0373 e. The molecule has 1 aromatic rings. The predicted octanol–water partition coefficient (Wildman–Crippen LogP) is 3.66. The molecule has 0 aromatic heterocycles. The van der Waals surface area contributed by atoms with Gasteiger partial charge in [-0.3, -0.25) is 0 Å². The number of nitrogen functional groups attached to an aromatic ring is 1. The van der Waals surface area contributed by atoms with Crippen LogP contribution in [0.2, 0.25) is 0 Å². The van der Waals surface area contributed by atoms with E-state index in [4.69, 9.17) is 5.73 Å². The van der Waals surface area contributed by atoms with Crippen LogP contribution in [0, 0.1) is 13.8 Å². The van der Waals surface area contributed by atoms with E-state index in [0.29, 0.717) is 5.25 Å². The van der Waals surface area contributed by atoms with Crippen LogP contribution < -0.4 is 5.73 Å². The summed E-state index contributed by atoms with van der Waals surface area (Å²) < 4.78 is 0. The van der Waals surface area contributed by atoms with Crippen LogP contribution >= 0.6 is 12.6 Å². The molecule has 0 heterocycles. The third kappa shape index (κ3) is 2.44. The van der Waals surface area contributed by atoms with Crippen LogP contribution in [0.25, 0.3) is 0 Å². The van der Waals surface area contributed by atoms with Crippen molar-refractivity contribution in [1.82, 2.24) is 0 Å². The Kier molecular flexibility index (Phi) is 3.87. The number of hydrogen-bond donors (Lipinski definition) is 2. The van der Waals surface area contributed by atoms with Crippen LogP contribution in [0.5, 0.6) is 0 Å². The zero-order valence-electron chi connectivity index (χ0n) is 9.17. The number of thiol groups is 1. The maximum atomic E-state index is 5.90. The molecular weight excluding hydrogens is 190 g/mol. The van der Waals surface area contributed by atoms with E-state index in [2.05, 4.69) is 45.5 Å². The van der Waals surface area contributed by atoms with E-state index >= 15 is 0 Å². The first-order valence-corrected chi connectivity index (χ1v) is 5.62. The molecule has 0 fully saturated rings. The highest BCUT2D eigenvalue weighted by Gasteiger charge is 2.08. The largest absolute Gasteiger partial charge is 0.398 e. The van der Waals surface area contributed by atoms with Crippen molar-refractivity contribution in [3.8, 4) is 0 Å². The molecule has 1 nitrogen and oxygen atoms in total. The van der Waals surface area contributed by atoms with Crippen molar-refractivity contribution >= 4 is 18.3 Å². The molecule has 2 N–H and O–H groups in total. The minimum Gasteiger partial charge on any atom is -0.398 e. The number of anilines is 1. The topological polar surface area (TPSA) is 26.0 Å². The van der Waals surface area contributed by atoms with E-state index < -0.39 is 0 Å². The zero-order valence-corrected chi connectivity index (χ0v) is 10.1. The monoisotopic (exact) mass is 209 g/mol. The summed E-state index contributed by atoms with van der Waals surface area (Å²) in [5.41, 5.74) is 10.4. The van der Waals surface area contributed by atoms with Crippen LogP contribution in [-0.4, -0.2) is 0 Å². The van der Waals surface area contributed by atoms with Crippen molar-refractivity contribution in [2.45, 2.75) is 38.9 Å². The van der Waals surface area contributed by atoms with Gasteiger partial charge in [-0.25, -0.2) is 0 Å². The first-order chi connectivity index (χ1) is 6.56. The molecule has 14 heavy (non-hydrogen) atoms. The highest BCUT2D eigenvalue weighted by atomic mass is 32.1. The molecule has 2 heteroatoms. The summed E-state index contributed by atoms with van der Waals surface area (Å²) in [6.45, 7) is 6.29. The molecule has 1 rings (SSSR count). The van der Waals surface area contributed by atoms with Gasteiger partial charge in [-0.05, 0) is 37.0 Å². The molecule has 1 atom stereocenters. The Hall–Kier alpha value is -0.630. The third-order valence-corrected chi connectivity index (χ3v) is 3.12. The van der Waals surface area contributed by atoms with Crippen molar-refractivity contribution in [2.24, 2.45) is 0 Å². The van der Waals surface area contributed by atoms with E-state index in [9.17, 15) is 0 Å². The molecule has 0 radical (unpaired) electrons. The van der Waals surface area contributed by atoms with Crippen LogP contribution in [0.3, 0.4) is 0 Å². The van der Waals surface area contributed by atoms with E-state index in [1.165, 1.54) is 5.56 Å². The van der Waals surface area contributed by atoms with Crippen molar-refractivity contribution < 1.29 is 0 Å². The van der Waals surface area contributed by atoms with Gasteiger partial charge in [0.15, 0.2) is 0 Å². The second-order valence-corrected chi connectivity index (χ2v) is 4.50. The van der Waals surface area contributed by atoms with Gasteiger partial charge >= 0.3 is 0 Å². The molecule has 0 aliphatic carbocycles. The molecule has 0 spiro atoms. The lowest BCUT2D eigenvalue weighted by atomic mass is 10.0. The molecule has 1 unspecified atom stereocenters. The molecule has 0 saturated heterocycles. The number of rotatable bonds is 3. The summed E-state index contributed by atoms with van der Waals surface area (Å²) in [5, 5.41) is 0.345. The van der Waals surface area contributed by atoms with E-state index in [1.807, 2.05) is 0 Å². The highest BCUT2D eigenvalue weighted by Crippen LogP contribution is 2.29. The average Bonchev–Trinajstić information content (AvgIpc) is 2.13. The lowest BCUT2D eigenvalue weighted by molar-refractivity contribution is 0.781. The van der Waals surface area contributed by atoms with E-state index in [-0.39, 0.29) is 0 Å². The molecule has 78 valence electrons. The van der Waals surface area contributed by atoms with Crippen LogP contribution in [0.4, 0.5) is 5.69 Å². The minimum absolute atomic E-state index is 0.345. The molecular formula is C12H19NS. The Morgan fingerprint density at radius 2 is 1.79 bits per heavy atom. The summed E-state index contributed by atoms with van der Waals surface area (Å²) in [7, 11) is 0. The average molecular weight is 209 g/mol. The SMILES string of the molecule is CCCC(S)c1cc(C)c(N)c(C)c1. The zero-order chi connectivity index (χ0) is 10.7. The number of hydrogen-bond acceptors (Lipinski definition) is 2. The number of aryl methyl sites for hydroxylation is 2. The Morgan fingerprint density at radius 1 is 1.29 bits per heavy atom. The van der Waals surface area contributed by atoms with Crippen molar-refractivity contribution in [2.75, 3.05) is 5.73 Å². The number of nitrogens with two attached hydrogens (primary N) is 1. The fraction of sp³-hybridized carbons (Fsp3) is 0.500. The van der Waals surface area contributed by atoms with Crippen LogP contribution in [0.15, 0.2) is 12.1 Å². The van der Waals surface area contributed by atoms with Gasteiger partial charge in [0.2, 0.25) is 0 Å². The van der Waals surface area contributed by atoms with Crippen molar-refractivity contribution in [3.63, 3.8) is 0 Å². The van der Waals surface area contributed by atoms with Gasteiger partial charge in [-0.15, -0.1) is 0 Å². The third-order valence-electron chi connectivity index (χ3n) is 2.56. The normalized spacial score (nSPS) is 12.9. The number of benzene rings is 1. The summed E-state index contributed by atoms with van der Waals surface area (Å²) >= 11 is 4.59. The summed E-state index contributed by atoms with van der Waals surface area (Å²) in [5.74, 6) is 0. The second-order valence-electron chi connectivity index (χ2n) is 3.87. The molecule has 0 aliphatic heterocycles. The van der Waals surface area contributed by atoms with Crippen LogP contribution in [0.1, 0.15) is 41.7 Å². The quantitative estimate of drug-likeness (QED) is 0.576. The van der Waals surface area contributed by atoms with Gasteiger partial charge in [0.25, 0.3) is 0 Å². The van der Waals surface area contributed by atoms with Gasteiger partial charge in [0, 0.05) is 10.9 Å².